The summed E-state index contributed by atoms with van der Waals surface area (Å²) in [5.41, 5.74) is 2.66. The lowest BCUT2D eigenvalue weighted by Crippen LogP contribution is -2.44. The number of aliphatic imine (C=N–C) groups is 1. The minimum Gasteiger partial charge on any atom is -0.357 e. The number of piperazine rings is 1. The fourth-order valence-electron chi connectivity index (χ4n) is 3.42. The van der Waals surface area contributed by atoms with Crippen molar-refractivity contribution in [2.45, 2.75) is 33.4 Å². The van der Waals surface area contributed by atoms with Gasteiger partial charge in [0.15, 0.2) is 5.96 Å². The quantitative estimate of drug-likeness (QED) is 0.333. The smallest absolute Gasteiger partial charge is 0.192 e. The Balaban J connectivity index is 0.00000341. The van der Waals surface area contributed by atoms with Gasteiger partial charge in [-0.15, -0.1) is 24.0 Å². The van der Waals surface area contributed by atoms with Crippen LogP contribution in [0, 0.1) is 12.7 Å². The molecule has 1 aliphatic rings. The Kier molecular flexibility index (Phi) is 9.95. The highest BCUT2D eigenvalue weighted by molar-refractivity contribution is 14.0. The molecule has 1 aromatic carbocycles. The zero-order valence-corrected chi connectivity index (χ0v) is 21.2. The third-order valence-corrected chi connectivity index (χ3v) is 5.45. The molecule has 0 radical (unpaired) electrons. The van der Waals surface area contributed by atoms with Gasteiger partial charge >= 0.3 is 0 Å². The summed E-state index contributed by atoms with van der Waals surface area (Å²) in [5.74, 6) is 1.54. The van der Waals surface area contributed by atoms with Crippen LogP contribution in [0.25, 0.3) is 0 Å². The van der Waals surface area contributed by atoms with Crippen molar-refractivity contribution in [2.75, 3.05) is 44.7 Å². The number of guanidine groups is 1. The molecule has 6 nitrogen and oxygen atoms in total. The second-order valence-electron chi connectivity index (χ2n) is 7.88. The van der Waals surface area contributed by atoms with Gasteiger partial charge in [0.05, 0.1) is 12.6 Å². The molecular weight excluding hydrogens is 506 g/mol. The van der Waals surface area contributed by atoms with E-state index in [1.807, 2.05) is 38.2 Å². The van der Waals surface area contributed by atoms with Crippen LogP contribution in [0.15, 0.2) is 41.5 Å². The van der Waals surface area contributed by atoms with Gasteiger partial charge in [0, 0.05) is 38.9 Å². The summed E-state index contributed by atoms with van der Waals surface area (Å²) in [6, 6.07) is 9.41. The topological polar surface area (TPSA) is 55.8 Å². The molecule has 0 bridgehead atoms. The van der Waals surface area contributed by atoms with E-state index >= 15 is 0 Å². The molecule has 170 valence electrons. The molecule has 2 heterocycles. The number of likely N-dealkylation sites (N-methyl/N-ethyl adjacent to an activating group) is 1. The molecule has 8 heteroatoms. The molecular formula is C23H34FIN6. The number of benzene rings is 1. The first-order chi connectivity index (χ1) is 14.5. The SMILES string of the molecule is CCNC(=NCc1ccnc(N2CCN(C)CC2)c1)NC(C)c1ccc(C)c(F)c1.I. The number of pyridine rings is 1. The molecule has 2 N–H and O–H groups in total. The zero-order valence-electron chi connectivity index (χ0n) is 18.9. The lowest BCUT2D eigenvalue weighted by molar-refractivity contribution is 0.312. The minimum absolute atomic E-state index is 0. The fourth-order valence-corrected chi connectivity index (χ4v) is 3.42. The van der Waals surface area contributed by atoms with Crippen molar-refractivity contribution in [1.29, 1.82) is 0 Å². The van der Waals surface area contributed by atoms with E-state index in [4.69, 9.17) is 4.99 Å². The highest BCUT2D eigenvalue weighted by atomic mass is 127. The van der Waals surface area contributed by atoms with Gasteiger partial charge in [-0.05, 0) is 62.7 Å². The summed E-state index contributed by atoms with van der Waals surface area (Å²) in [4.78, 5) is 13.9. The zero-order chi connectivity index (χ0) is 21.5. The van der Waals surface area contributed by atoms with Crippen LogP contribution in [0.1, 0.15) is 36.6 Å². The summed E-state index contributed by atoms with van der Waals surface area (Å²) in [6.07, 6.45) is 1.86. The number of aromatic nitrogens is 1. The number of hydrogen-bond donors (Lipinski definition) is 2. The van der Waals surface area contributed by atoms with Crippen LogP contribution in [0.5, 0.6) is 0 Å². The summed E-state index contributed by atoms with van der Waals surface area (Å²) in [6.45, 7) is 11.2. The number of rotatable bonds is 6. The lowest BCUT2D eigenvalue weighted by atomic mass is 10.1. The van der Waals surface area contributed by atoms with E-state index in [1.54, 1.807) is 13.0 Å². The highest BCUT2D eigenvalue weighted by Crippen LogP contribution is 2.17. The normalized spacial score (nSPS) is 15.9. The van der Waals surface area contributed by atoms with E-state index in [2.05, 4.69) is 38.5 Å². The van der Waals surface area contributed by atoms with E-state index in [0.717, 1.165) is 49.7 Å². The lowest BCUT2D eigenvalue weighted by Gasteiger charge is -2.33. The second kappa shape index (κ2) is 12.2. The summed E-state index contributed by atoms with van der Waals surface area (Å²) >= 11 is 0. The first kappa shape index (κ1) is 25.3. The first-order valence-electron chi connectivity index (χ1n) is 10.7. The van der Waals surface area contributed by atoms with Crippen LogP contribution < -0.4 is 15.5 Å². The van der Waals surface area contributed by atoms with Gasteiger partial charge in [-0.25, -0.2) is 14.4 Å². The number of halogens is 2. The monoisotopic (exact) mass is 540 g/mol. The second-order valence-corrected chi connectivity index (χ2v) is 7.88. The van der Waals surface area contributed by atoms with E-state index in [9.17, 15) is 4.39 Å². The van der Waals surface area contributed by atoms with Gasteiger partial charge in [0.1, 0.15) is 11.6 Å². The Labute approximate surface area is 202 Å². The molecule has 1 unspecified atom stereocenters. The van der Waals surface area contributed by atoms with Crippen LogP contribution in [-0.4, -0.2) is 55.6 Å². The third-order valence-electron chi connectivity index (χ3n) is 5.45. The molecule has 1 saturated heterocycles. The number of nitrogens with one attached hydrogen (secondary N) is 2. The average molecular weight is 540 g/mol. The Bertz CT molecular complexity index is 867. The molecule has 3 rings (SSSR count). The maximum Gasteiger partial charge on any atom is 0.192 e. The van der Waals surface area contributed by atoms with Gasteiger partial charge in [-0.2, -0.15) is 0 Å². The molecule has 0 aliphatic carbocycles. The molecule has 2 aromatic rings. The first-order valence-corrected chi connectivity index (χ1v) is 10.7. The Morgan fingerprint density at radius 1 is 1.19 bits per heavy atom. The molecule has 31 heavy (non-hydrogen) atoms. The van der Waals surface area contributed by atoms with Crippen LogP contribution in [-0.2, 0) is 6.54 Å². The van der Waals surface area contributed by atoms with Crippen LogP contribution in [0.2, 0.25) is 0 Å². The van der Waals surface area contributed by atoms with Gasteiger partial charge in [-0.1, -0.05) is 12.1 Å². The standard InChI is InChI=1S/C23H33FN6.HI/c1-5-25-23(28-18(3)20-7-6-17(2)21(24)15-20)27-16-19-8-9-26-22(14-19)30-12-10-29(4)11-13-30;/h6-9,14-15,18H,5,10-13,16H2,1-4H3,(H2,25,27,28);1H. The summed E-state index contributed by atoms with van der Waals surface area (Å²) in [7, 11) is 2.15. The number of hydrogen-bond acceptors (Lipinski definition) is 4. The summed E-state index contributed by atoms with van der Waals surface area (Å²) < 4.78 is 13.9. The molecule has 0 amide bonds. The van der Waals surface area contributed by atoms with Crippen LogP contribution in [0.3, 0.4) is 0 Å². The van der Waals surface area contributed by atoms with Crippen molar-refractivity contribution in [3.63, 3.8) is 0 Å². The van der Waals surface area contributed by atoms with Crippen molar-refractivity contribution in [1.82, 2.24) is 20.5 Å². The Morgan fingerprint density at radius 3 is 2.61 bits per heavy atom. The van der Waals surface area contributed by atoms with Crippen molar-refractivity contribution >= 4 is 35.8 Å². The number of nitrogens with zero attached hydrogens (tertiary/aromatic N) is 4. The van der Waals surface area contributed by atoms with Crippen molar-refractivity contribution in [3.05, 3.63) is 59.0 Å². The van der Waals surface area contributed by atoms with E-state index < -0.39 is 0 Å². The van der Waals surface area contributed by atoms with Crippen LogP contribution in [0.4, 0.5) is 10.2 Å². The fraction of sp³-hybridized carbons (Fsp3) is 0.478. The van der Waals surface area contributed by atoms with Gasteiger partial charge in [0.2, 0.25) is 0 Å². The van der Waals surface area contributed by atoms with E-state index in [1.165, 1.54) is 0 Å². The molecule has 0 spiro atoms. The van der Waals surface area contributed by atoms with Crippen LogP contribution >= 0.6 is 24.0 Å². The van der Waals surface area contributed by atoms with E-state index in [0.29, 0.717) is 18.1 Å². The number of aryl methyl sites for hydroxylation is 1. The summed E-state index contributed by atoms with van der Waals surface area (Å²) in [5, 5.41) is 6.65. The minimum atomic E-state index is -0.184. The number of anilines is 1. The van der Waals surface area contributed by atoms with Crippen molar-refractivity contribution in [2.24, 2.45) is 4.99 Å². The Morgan fingerprint density at radius 2 is 1.94 bits per heavy atom. The van der Waals surface area contributed by atoms with E-state index in [-0.39, 0.29) is 35.8 Å². The molecule has 1 atom stereocenters. The predicted molar refractivity (Wildman–Crippen MR) is 137 cm³/mol. The largest absolute Gasteiger partial charge is 0.357 e. The highest BCUT2D eigenvalue weighted by Gasteiger charge is 2.15. The molecule has 1 aromatic heterocycles. The van der Waals surface area contributed by atoms with Crippen molar-refractivity contribution in [3.8, 4) is 0 Å². The maximum atomic E-state index is 13.9. The molecule has 1 aliphatic heterocycles. The average Bonchev–Trinajstić information content (AvgIpc) is 2.75. The van der Waals surface area contributed by atoms with Crippen molar-refractivity contribution < 1.29 is 4.39 Å². The molecule has 1 fully saturated rings. The van der Waals surface area contributed by atoms with Gasteiger partial charge in [-0.3, -0.25) is 0 Å². The maximum absolute atomic E-state index is 13.9. The predicted octanol–water partition coefficient (Wildman–Crippen LogP) is 3.72. The van der Waals surface area contributed by atoms with Gasteiger partial charge < -0.3 is 20.4 Å². The molecule has 0 saturated carbocycles. The third kappa shape index (κ3) is 7.31. The van der Waals surface area contributed by atoms with Gasteiger partial charge in [0.25, 0.3) is 0 Å². The Hall–Kier alpha value is -1.94.